The van der Waals surface area contributed by atoms with Gasteiger partial charge in [0.25, 0.3) is 5.91 Å². The highest BCUT2D eigenvalue weighted by molar-refractivity contribution is 6.31. The summed E-state index contributed by atoms with van der Waals surface area (Å²) in [7, 11) is 0. The molecule has 1 unspecified atom stereocenters. The number of amides is 1. The second-order valence-electron chi connectivity index (χ2n) is 7.59. The van der Waals surface area contributed by atoms with Gasteiger partial charge in [-0.25, -0.2) is 4.39 Å². The number of carbonyl (C=O) groups excluding carboxylic acids is 1. The summed E-state index contributed by atoms with van der Waals surface area (Å²) in [6.07, 6.45) is -1.48. The van der Waals surface area contributed by atoms with Gasteiger partial charge in [0.2, 0.25) is 0 Å². The Balaban J connectivity index is 1.61. The predicted octanol–water partition coefficient (Wildman–Crippen LogP) is 5.91. The zero-order valence-corrected chi connectivity index (χ0v) is 19.2. The van der Waals surface area contributed by atoms with Crippen LogP contribution in [-0.2, 0) is 4.79 Å². The molecule has 0 aromatic heterocycles. The third kappa shape index (κ3) is 4.86. The second kappa shape index (κ2) is 9.67. The van der Waals surface area contributed by atoms with Crippen LogP contribution in [0.15, 0.2) is 66.7 Å². The molecule has 8 heteroatoms. The lowest BCUT2D eigenvalue weighted by Crippen LogP contribution is -2.51. The highest BCUT2D eigenvalue weighted by atomic mass is 35.5. The number of aliphatic hydroxyl groups excluding tert-OH is 1. The Morgan fingerprint density at radius 3 is 2.19 bits per heavy atom. The van der Waals surface area contributed by atoms with Gasteiger partial charge >= 0.3 is 0 Å². The van der Waals surface area contributed by atoms with Crippen LogP contribution < -0.4 is 4.90 Å². The van der Waals surface area contributed by atoms with Crippen molar-refractivity contribution < 1.29 is 14.3 Å². The largest absolute Gasteiger partial charge is 0.378 e. The maximum atomic E-state index is 13.4. The van der Waals surface area contributed by atoms with Crippen LogP contribution in [0.25, 0.3) is 0 Å². The molecule has 1 aliphatic heterocycles. The van der Waals surface area contributed by atoms with Gasteiger partial charge in [0, 0.05) is 46.0 Å². The van der Waals surface area contributed by atoms with Gasteiger partial charge < -0.3 is 14.9 Å². The zero-order valence-electron chi connectivity index (χ0n) is 16.9. The molecule has 1 aliphatic rings. The summed E-state index contributed by atoms with van der Waals surface area (Å²) in [6.45, 7) is 1.30. The van der Waals surface area contributed by atoms with E-state index in [4.69, 9.17) is 34.8 Å². The van der Waals surface area contributed by atoms with Gasteiger partial charge in [-0.3, -0.25) is 4.79 Å². The SMILES string of the molecule is O=C(C(O)c1ccc(F)cc1Cl)N1CCN(c2ccc(Cl)cc2)[C@H](c2ccc(Cl)cc2)C1. The van der Waals surface area contributed by atoms with Gasteiger partial charge in [-0.15, -0.1) is 0 Å². The molecule has 1 N–H and O–H groups in total. The lowest BCUT2D eigenvalue weighted by atomic mass is 10.00. The van der Waals surface area contributed by atoms with Crippen LogP contribution in [0, 0.1) is 5.82 Å². The highest BCUT2D eigenvalue weighted by Crippen LogP contribution is 2.34. The number of hydrogen-bond donors (Lipinski definition) is 1. The van der Waals surface area contributed by atoms with Crippen molar-refractivity contribution in [3.05, 3.63) is 98.7 Å². The van der Waals surface area contributed by atoms with Gasteiger partial charge in [0.05, 0.1) is 6.04 Å². The van der Waals surface area contributed by atoms with Crippen molar-refractivity contribution in [3.63, 3.8) is 0 Å². The van der Waals surface area contributed by atoms with Gasteiger partial charge in [0.15, 0.2) is 6.10 Å². The second-order valence-corrected chi connectivity index (χ2v) is 8.87. The molecule has 0 bridgehead atoms. The lowest BCUT2D eigenvalue weighted by Gasteiger charge is -2.43. The summed E-state index contributed by atoms with van der Waals surface area (Å²) in [5.41, 5.74) is 2.14. The minimum Gasteiger partial charge on any atom is -0.378 e. The Labute approximate surface area is 200 Å². The number of carbonyl (C=O) groups is 1. The summed E-state index contributed by atoms with van der Waals surface area (Å²) in [5.74, 6) is -1.01. The Bertz CT molecular complexity index is 1110. The first kappa shape index (κ1) is 22.9. The number of rotatable bonds is 4. The molecule has 0 radical (unpaired) electrons. The molecule has 4 nitrogen and oxygen atoms in total. The molecule has 3 aromatic carbocycles. The molecule has 3 aromatic rings. The van der Waals surface area contributed by atoms with E-state index >= 15 is 0 Å². The molecule has 0 spiro atoms. The van der Waals surface area contributed by atoms with Crippen LogP contribution in [0.3, 0.4) is 0 Å². The standard InChI is InChI=1S/C24H20Cl3FN2O2/c25-16-3-1-15(2-4-16)22-14-29(11-12-30(22)19-8-5-17(26)6-9-19)24(32)23(31)20-10-7-18(28)13-21(20)27/h1-10,13,22-23,31H,11-12,14H2/t22-,23?/m0/s1. The molecule has 1 fully saturated rings. The third-order valence-corrected chi connectivity index (χ3v) is 6.43. The fourth-order valence-corrected chi connectivity index (χ4v) is 4.45. The number of anilines is 1. The summed E-state index contributed by atoms with van der Waals surface area (Å²) in [5, 5.41) is 12.0. The molecule has 0 saturated carbocycles. The van der Waals surface area contributed by atoms with Crippen LogP contribution in [-0.4, -0.2) is 35.5 Å². The molecule has 2 atom stereocenters. The minimum atomic E-state index is -1.48. The Hall–Kier alpha value is -2.31. The van der Waals surface area contributed by atoms with Crippen molar-refractivity contribution in [2.24, 2.45) is 0 Å². The number of aliphatic hydroxyl groups is 1. The van der Waals surface area contributed by atoms with E-state index in [2.05, 4.69) is 4.90 Å². The molecule has 1 saturated heterocycles. The van der Waals surface area contributed by atoms with Crippen LogP contribution in [0.5, 0.6) is 0 Å². The average molecular weight is 494 g/mol. The van der Waals surface area contributed by atoms with Crippen LogP contribution in [0.2, 0.25) is 15.1 Å². The molecule has 32 heavy (non-hydrogen) atoms. The Morgan fingerprint density at radius 1 is 0.938 bits per heavy atom. The Morgan fingerprint density at radius 2 is 1.56 bits per heavy atom. The third-order valence-electron chi connectivity index (χ3n) is 5.60. The maximum Gasteiger partial charge on any atom is 0.256 e. The number of nitrogens with zero attached hydrogens (tertiary/aromatic N) is 2. The summed E-state index contributed by atoms with van der Waals surface area (Å²) < 4.78 is 13.4. The van der Waals surface area contributed by atoms with Crippen molar-refractivity contribution >= 4 is 46.4 Å². The molecule has 1 heterocycles. The quantitative estimate of drug-likeness (QED) is 0.491. The minimum absolute atomic E-state index is 0.0138. The van der Waals surface area contributed by atoms with Crippen LogP contribution in [0.1, 0.15) is 23.3 Å². The summed E-state index contributed by atoms with van der Waals surface area (Å²) in [6, 6.07) is 18.4. The molecule has 0 aliphatic carbocycles. The van der Waals surface area contributed by atoms with Crippen molar-refractivity contribution in [2.75, 3.05) is 24.5 Å². The summed E-state index contributed by atoms with van der Waals surface area (Å²) >= 11 is 18.2. The number of hydrogen-bond acceptors (Lipinski definition) is 3. The first-order chi connectivity index (χ1) is 15.3. The first-order valence-electron chi connectivity index (χ1n) is 10.0. The fraction of sp³-hybridized carbons (Fsp3) is 0.208. The van der Waals surface area contributed by atoms with E-state index in [0.29, 0.717) is 29.7 Å². The van der Waals surface area contributed by atoms with Gasteiger partial charge in [-0.2, -0.15) is 0 Å². The lowest BCUT2D eigenvalue weighted by molar-refractivity contribution is -0.141. The van der Waals surface area contributed by atoms with Crippen molar-refractivity contribution in [1.29, 1.82) is 0 Å². The topological polar surface area (TPSA) is 43.8 Å². The van der Waals surface area contributed by atoms with Gasteiger partial charge in [-0.05, 0) is 54.1 Å². The van der Waals surface area contributed by atoms with E-state index in [1.807, 2.05) is 48.5 Å². The number of piperazine rings is 1. The summed E-state index contributed by atoms with van der Waals surface area (Å²) in [4.78, 5) is 16.9. The monoisotopic (exact) mass is 492 g/mol. The van der Waals surface area contributed by atoms with E-state index in [1.165, 1.54) is 12.1 Å². The van der Waals surface area contributed by atoms with Crippen molar-refractivity contribution in [1.82, 2.24) is 4.90 Å². The molecular weight excluding hydrogens is 474 g/mol. The highest BCUT2D eigenvalue weighted by Gasteiger charge is 2.34. The van der Waals surface area contributed by atoms with Crippen molar-refractivity contribution in [2.45, 2.75) is 12.1 Å². The normalized spacial score (nSPS) is 17.3. The van der Waals surface area contributed by atoms with E-state index in [1.54, 1.807) is 4.90 Å². The van der Waals surface area contributed by atoms with Gasteiger partial charge in [-0.1, -0.05) is 53.0 Å². The van der Waals surface area contributed by atoms with E-state index in [-0.39, 0.29) is 16.6 Å². The van der Waals surface area contributed by atoms with Crippen LogP contribution >= 0.6 is 34.8 Å². The zero-order chi connectivity index (χ0) is 22.8. The van der Waals surface area contributed by atoms with E-state index < -0.39 is 17.8 Å². The van der Waals surface area contributed by atoms with E-state index in [9.17, 15) is 14.3 Å². The Kier molecular flexibility index (Phi) is 6.91. The van der Waals surface area contributed by atoms with Gasteiger partial charge in [0.1, 0.15) is 5.82 Å². The molecular formula is C24H20Cl3FN2O2. The smallest absolute Gasteiger partial charge is 0.256 e. The predicted molar refractivity (Wildman–Crippen MR) is 126 cm³/mol. The van der Waals surface area contributed by atoms with Crippen LogP contribution in [0.4, 0.5) is 10.1 Å². The number of benzene rings is 3. The first-order valence-corrected chi connectivity index (χ1v) is 11.2. The average Bonchev–Trinajstić information content (AvgIpc) is 2.79. The maximum absolute atomic E-state index is 13.4. The molecule has 166 valence electrons. The molecule has 1 amide bonds. The van der Waals surface area contributed by atoms with E-state index in [0.717, 1.165) is 17.3 Å². The number of halogens is 4. The van der Waals surface area contributed by atoms with Crippen molar-refractivity contribution in [3.8, 4) is 0 Å². The molecule has 4 rings (SSSR count). The fourth-order valence-electron chi connectivity index (χ4n) is 3.92.